The lowest BCUT2D eigenvalue weighted by Gasteiger charge is -2.18. The molecule has 0 saturated carbocycles. The molecule has 4 nitrogen and oxygen atoms in total. The molecule has 0 aliphatic rings. The fourth-order valence-corrected chi connectivity index (χ4v) is 1.74. The summed E-state index contributed by atoms with van der Waals surface area (Å²) in [5.74, 6) is -0.276. The predicted octanol–water partition coefficient (Wildman–Crippen LogP) is 3.40. The van der Waals surface area contributed by atoms with Crippen molar-refractivity contribution in [2.75, 3.05) is 0 Å². The Morgan fingerprint density at radius 2 is 2.10 bits per heavy atom. The lowest BCUT2D eigenvalue weighted by atomic mass is 10.1. The molecule has 0 fully saturated rings. The normalized spacial score (nSPS) is 11.4. The van der Waals surface area contributed by atoms with Gasteiger partial charge in [-0.2, -0.15) is 9.78 Å². The van der Waals surface area contributed by atoms with Crippen LogP contribution in [0.15, 0.2) is 36.7 Å². The van der Waals surface area contributed by atoms with Gasteiger partial charge >= 0.3 is 6.09 Å². The molecule has 0 atom stereocenters. The van der Waals surface area contributed by atoms with Crippen molar-refractivity contribution < 1.29 is 13.9 Å². The third-order valence-corrected chi connectivity index (χ3v) is 2.51. The molecule has 0 spiro atoms. The van der Waals surface area contributed by atoms with Gasteiger partial charge in [0.05, 0.1) is 6.20 Å². The number of nitrogens with zero attached hydrogens (tertiary/aromatic N) is 2. The largest absolute Gasteiger partial charge is 0.442 e. The number of carbonyl (C=O) groups is 1. The first-order valence-corrected chi connectivity index (χ1v) is 6.35. The Hall–Kier alpha value is -2.17. The van der Waals surface area contributed by atoms with E-state index in [1.807, 2.05) is 6.07 Å². The quantitative estimate of drug-likeness (QED) is 0.844. The Balaban J connectivity index is 2.07. The van der Waals surface area contributed by atoms with Crippen LogP contribution in [0.4, 0.5) is 9.18 Å². The average Bonchev–Trinajstić information content (AvgIpc) is 2.75. The van der Waals surface area contributed by atoms with Gasteiger partial charge in [0.25, 0.3) is 0 Å². The third kappa shape index (κ3) is 3.91. The zero-order valence-corrected chi connectivity index (χ0v) is 11.8. The number of hydrogen-bond acceptors (Lipinski definition) is 3. The monoisotopic (exact) mass is 276 g/mol. The van der Waals surface area contributed by atoms with E-state index in [-0.39, 0.29) is 5.82 Å². The summed E-state index contributed by atoms with van der Waals surface area (Å²) in [6.45, 7) is 5.38. The topological polar surface area (TPSA) is 44.1 Å². The van der Waals surface area contributed by atoms with E-state index in [0.29, 0.717) is 6.42 Å². The van der Waals surface area contributed by atoms with Gasteiger partial charge in [-0.15, -0.1) is 0 Å². The van der Waals surface area contributed by atoms with Gasteiger partial charge < -0.3 is 4.74 Å². The number of rotatable bonds is 2. The van der Waals surface area contributed by atoms with Gasteiger partial charge in [-0.25, -0.2) is 9.18 Å². The number of halogens is 1. The molecule has 106 valence electrons. The van der Waals surface area contributed by atoms with E-state index in [1.54, 1.807) is 39.2 Å². The van der Waals surface area contributed by atoms with Crippen LogP contribution >= 0.6 is 0 Å². The standard InChI is InChI=1S/C15H17FN2O2/c1-15(2,3)20-14(19)18-10-12(9-17-18)7-11-5-4-6-13(16)8-11/h4-6,8-10H,7H2,1-3H3. The van der Waals surface area contributed by atoms with Crippen LogP contribution in [-0.4, -0.2) is 21.5 Å². The Labute approximate surface area is 117 Å². The predicted molar refractivity (Wildman–Crippen MR) is 73.1 cm³/mol. The van der Waals surface area contributed by atoms with Crippen molar-refractivity contribution in [1.29, 1.82) is 0 Å². The summed E-state index contributed by atoms with van der Waals surface area (Å²) in [6, 6.07) is 6.34. The molecule has 20 heavy (non-hydrogen) atoms. The van der Waals surface area contributed by atoms with E-state index in [0.717, 1.165) is 15.8 Å². The fourth-order valence-electron chi connectivity index (χ4n) is 1.74. The van der Waals surface area contributed by atoms with E-state index in [9.17, 15) is 9.18 Å². The van der Waals surface area contributed by atoms with Crippen molar-refractivity contribution in [3.63, 3.8) is 0 Å². The molecule has 0 N–H and O–H groups in total. The highest BCUT2D eigenvalue weighted by atomic mass is 19.1. The highest BCUT2D eigenvalue weighted by Crippen LogP contribution is 2.12. The van der Waals surface area contributed by atoms with E-state index >= 15 is 0 Å². The Bertz CT molecular complexity index is 614. The Kier molecular flexibility index (Phi) is 3.88. The fraction of sp³-hybridized carbons (Fsp3) is 0.333. The van der Waals surface area contributed by atoms with Crippen LogP contribution in [-0.2, 0) is 11.2 Å². The maximum atomic E-state index is 13.1. The number of benzene rings is 1. The van der Waals surface area contributed by atoms with Gasteiger partial charge in [-0.1, -0.05) is 12.1 Å². The maximum Gasteiger partial charge on any atom is 0.435 e. The lowest BCUT2D eigenvalue weighted by Crippen LogP contribution is -2.27. The van der Waals surface area contributed by atoms with Crippen LogP contribution < -0.4 is 0 Å². The summed E-state index contributed by atoms with van der Waals surface area (Å²) in [5.41, 5.74) is 1.08. The second-order valence-electron chi connectivity index (χ2n) is 5.58. The van der Waals surface area contributed by atoms with Crippen LogP contribution in [0.2, 0.25) is 0 Å². The molecule has 0 amide bonds. The molecule has 0 saturated heterocycles. The number of ether oxygens (including phenoxy) is 1. The lowest BCUT2D eigenvalue weighted by molar-refractivity contribution is 0.0514. The second kappa shape index (κ2) is 5.45. The summed E-state index contributed by atoms with van der Waals surface area (Å²) in [5, 5.41) is 3.97. The summed E-state index contributed by atoms with van der Waals surface area (Å²) >= 11 is 0. The van der Waals surface area contributed by atoms with Gasteiger partial charge in [0.15, 0.2) is 0 Å². The van der Waals surface area contributed by atoms with Crippen LogP contribution in [0.5, 0.6) is 0 Å². The minimum absolute atomic E-state index is 0.276. The maximum absolute atomic E-state index is 13.1. The van der Waals surface area contributed by atoms with Crippen LogP contribution in [0.25, 0.3) is 0 Å². The molecule has 0 aliphatic heterocycles. The number of carbonyl (C=O) groups excluding carboxylic acids is 1. The summed E-state index contributed by atoms with van der Waals surface area (Å²) in [4.78, 5) is 11.8. The molecular formula is C15H17FN2O2. The van der Waals surface area contributed by atoms with Crippen LogP contribution in [0.1, 0.15) is 31.9 Å². The molecule has 0 bridgehead atoms. The van der Waals surface area contributed by atoms with Crippen molar-refractivity contribution in [3.8, 4) is 0 Å². The van der Waals surface area contributed by atoms with Gasteiger partial charge in [0, 0.05) is 12.6 Å². The van der Waals surface area contributed by atoms with Crippen molar-refractivity contribution in [2.45, 2.75) is 32.8 Å². The SMILES string of the molecule is CC(C)(C)OC(=O)n1cc(Cc2cccc(F)c2)cn1. The van der Waals surface area contributed by atoms with Crippen LogP contribution in [0, 0.1) is 5.82 Å². The van der Waals surface area contributed by atoms with Crippen molar-refractivity contribution in [3.05, 3.63) is 53.6 Å². The average molecular weight is 276 g/mol. The number of hydrogen-bond donors (Lipinski definition) is 0. The van der Waals surface area contributed by atoms with Crippen molar-refractivity contribution in [1.82, 2.24) is 9.78 Å². The molecule has 0 radical (unpaired) electrons. The molecule has 1 heterocycles. The highest BCUT2D eigenvalue weighted by molar-refractivity contribution is 5.69. The molecule has 1 aromatic heterocycles. The Morgan fingerprint density at radius 3 is 2.75 bits per heavy atom. The number of aromatic nitrogens is 2. The minimum atomic E-state index is -0.564. The molecule has 5 heteroatoms. The zero-order chi connectivity index (χ0) is 14.8. The summed E-state index contributed by atoms with van der Waals surface area (Å²) in [6.07, 6.45) is 3.16. The van der Waals surface area contributed by atoms with Gasteiger partial charge in [-0.3, -0.25) is 0 Å². The van der Waals surface area contributed by atoms with E-state index in [1.165, 1.54) is 12.1 Å². The third-order valence-electron chi connectivity index (χ3n) is 2.51. The van der Waals surface area contributed by atoms with Crippen molar-refractivity contribution in [2.24, 2.45) is 0 Å². The molecule has 1 aromatic carbocycles. The molecular weight excluding hydrogens is 259 g/mol. The van der Waals surface area contributed by atoms with Gasteiger partial charge in [0.2, 0.25) is 0 Å². The van der Waals surface area contributed by atoms with Crippen LogP contribution in [0.3, 0.4) is 0 Å². The summed E-state index contributed by atoms with van der Waals surface area (Å²) in [7, 11) is 0. The van der Waals surface area contributed by atoms with E-state index in [2.05, 4.69) is 5.10 Å². The van der Waals surface area contributed by atoms with Crippen molar-refractivity contribution >= 4 is 6.09 Å². The second-order valence-corrected chi connectivity index (χ2v) is 5.58. The first-order valence-electron chi connectivity index (χ1n) is 6.35. The molecule has 2 aromatic rings. The highest BCUT2D eigenvalue weighted by Gasteiger charge is 2.18. The van der Waals surface area contributed by atoms with E-state index in [4.69, 9.17) is 4.74 Å². The van der Waals surface area contributed by atoms with Gasteiger partial charge in [-0.05, 0) is 44.0 Å². The first kappa shape index (κ1) is 14.2. The molecule has 0 unspecified atom stereocenters. The Morgan fingerprint density at radius 1 is 1.35 bits per heavy atom. The minimum Gasteiger partial charge on any atom is -0.442 e. The molecule has 0 aliphatic carbocycles. The smallest absolute Gasteiger partial charge is 0.435 e. The summed E-state index contributed by atoms with van der Waals surface area (Å²) < 4.78 is 19.5. The molecule has 2 rings (SSSR count). The zero-order valence-electron chi connectivity index (χ0n) is 11.8. The van der Waals surface area contributed by atoms with E-state index < -0.39 is 11.7 Å². The van der Waals surface area contributed by atoms with Gasteiger partial charge in [0.1, 0.15) is 11.4 Å². The first-order chi connectivity index (χ1) is 9.33.